The van der Waals surface area contributed by atoms with E-state index in [4.69, 9.17) is 4.42 Å². The van der Waals surface area contributed by atoms with Gasteiger partial charge in [-0.25, -0.2) is 17.8 Å². The zero-order chi connectivity index (χ0) is 20.8. The molecule has 0 bridgehead atoms. The maximum Gasteiger partial charge on any atom is 0.230 e. The van der Waals surface area contributed by atoms with Crippen molar-refractivity contribution >= 4 is 32.5 Å². The Balaban J connectivity index is 1.62. The number of rotatable bonds is 3. The molecule has 4 rings (SSSR count). The lowest BCUT2D eigenvalue weighted by atomic mass is 10.2. The first-order valence-corrected chi connectivity index (χ1v) is 11.0. The molecule has 9 heteroatoms. The topological polar surface area (TPSA) is 83.7 Å². The summed E-state index contributed by atoms with van der Waals surface area (Å²) < 4.78 is 43.3. The lowest BCUT2D eigenvalue weighted by molar-refractivity contribution is -0.129. The molecule has 0 saturated carbocycles. The lowest BCUT2D eigenvalue weighted by Crippen LogP contribution is -2.48. The number of sulfone groups is 1. The summed E-state index contributed by atoms with van der Waals surface area (Å²) in [5.41, 5.74) is 2.15. The summed E-state index contributed by atoms with van der Waals surface area (Å²) in [6, 6.07) is 9.22. The van der Waals surface area contributed by atoms with Gasteiger partial charge in [0.05, 0.1) is 10.5 Å². The van der Waals surface area contributed by atoms with Crippen molar-refractivity contribution in [2.24, 2.45) is 0 Å². The van der Waals surface area contributed by atoms with Gasteiger partial charge >= 0.3 is 0 Å². The minimum absolute atomic E-state index is 0.0742. The van der Waals surface area contributed by atoms with Crippen LogP contribution in [-0.4, -0.2) is 56.6 Å². The Hall–Kier alpha value is -2.94. The molecule has 1 fully saturated rings. The number of halogens is 1. The van der Waals surface area contributed by atoms with Gasteiger partial charge in [-0.05, 0) is 36.4 Å². The molecule has 0 spiro atoms. The third kappa shape index (κ3) is 3.82. The number of benzene rings is 2. The molecule has 1 aliphatic heterocycles. The molecule has 1 amide bonds. The molecule has 0 radical (unpaired) electrons. The van der Waals surface area contributed by atoms with Crippen LogP contribution in [0.2, 0.25) is 0 Å². The molecule has 2 heterocycles. The second kappa shape index (κ2) is 7.14. The van der Waals surface area contributed by atoms with Gasteiger partial charge in [0.2, 0.25) is 11.8 Å². The zero-order valence-electron chi connectivity index (χ0n) is 16.1. The van der Waals surface area contributed by atoms with Gasteiger partial charge in [0.25, 0.3) is 0 Å². The molecule has 1 saturated heterocycles. The number of hydrogen-bond donors (Lipinski definition) is 0. The molecule has 7 nitrogen and oxygen atoms in total. The highest BCUT2D eigenvalue weighted by Gasteiger charge is 2.20. The van der Waals surface area contributed by atoms with E-state index in [1.165, 1.54) is 12.1 Å². The highest BCUT2D eigenvalue weighted by molar-refractivity contribution is 7.90. The van der Waals surface area contributed by atoms with Crippen molar-refractivity contribution in [3.63, 3.8) is 0 Å². The number of carbonyl (C=O) groups is 1. The lowest BCUT2D eigenvalue weighted by Gasteiger charge is -2.35. The normalized spacial score (nSPS) is 15.1. The fraction of sp³-hybridized carbons (Fsp3) is 0.300. The molecule has 152 valence electrons. The van der Waals surface area contributed by atoms with E-state index in [1.54, 1.807) is 13.0 Å². The second-order valence-electron chi connectivity index (χ2n) is 7.08. The standard InChI is InChI=1S/C20H20FN3O4S/c1-13(25)23-7-9-24(10-8-23)14-3-6-19-18(11-14)22-20(28-19)16-5-4-15(12-17(16)21)29(2,26)27/h3-6,11-12H,7-10H2,1-2H3. The van der Waals surface area contributed by atoms with Crippen LogP contribution in [0.15, 0.2) is 45.7 Å². The van der Waals surface area contributed by atoms with Crippen LogP contribution in [0.1, 0.15) is 6.92 Å². The molecule has 1 aromatic heterocycles. The van der Waals surface area contributed by atoms with E-state index in [0.717, 1.165) is 31.1 Å². The number of carbonyl (C=O) groups excluding carboxylic acids is 1. The minimum atomic E-state index is -3.50. The summed E-state index contributed by atoms with van der Waals surface area (Å²) >= 11 is 0. The largest absolute Gasteiger partial charge is 0.436 e. The average Bonchev–Trinajstić information content (AvgIpc) is 3.10. The molecule has 1 aliphatic rings. The summed E-state index contributed by atoms with van der Waals surface area (Å²) in [4.78, 5) is 19.7. The first-order chi connectivity index (χ1) is 13.7. The molecule has 3 aromatic rings. The van der Waals surface area contributed by atoms with Gasteiger partial charge in [-0.2, -0.15) is 0 Å². The number of nitrogens with zero attached hydrogens (tertiary/aromatic N) is 3. The van der Waals surface area contributed by atoms with Crippen LogP contribution >= 0.6 is 0 Å². The van der Waals surface area contributed by atoms with Gasteiger partial charge in [0.1, 0.15) is 11.3 Å². The van der Waals surface area contributed by atoms with Crippen molar-refractivity contribution in [2.75, 3.05) is 37.3 Å². The number of fused-ring (bicyclic) bond motifs is 1. The van der Waals surface area contributed by atoms with E-state index in [0.29, 0.717) is 24.2 Å². The van der Waals surface area contributed by atoms with E-state index < -0.39 is 15.7 Å². The van der Waals surface area contributed by atoms with Crippen LogP contribution in [-0.2, 0) is 14.6 Å². The molecule has 0 aliphatic carbocycles. The van der Waals surface area contributed by atoms with Gasteiger partial charge in [0.15, 0.2) is 15.4 Å². The summed E-state index contributed by atoms with van der Waals surface area (Å²) in [6.45, 7) is 4.33. The third-order valence-corrected chi connectivity index (χ3v) is 6.17. The second-order valence-corrected chi connectivity index (χ2v) is 9.09. The highest BCUT2D eigenvalue weighted by Crippen LogP contribution is 2.30. The minimum Gasteiger partial charge on any atom is -0.436 e. The smallest absolute Gasteiger partial charge is 0.230 e. The SMILES string of the molecule is CC(=O)N1CCN(c2ccc3oc(-c4ccc(S(C)(=O)=O)cc4F)nc3c2)CC1. The molecule has 0 atom stereocenters. The summed E-state index contributed by atoms with van der Waals surface area (Å²) in [6.07, 6.45) is 1.03. The van der Waals surface area contributed by atoms with E-state index in [-0.39, 0.29) is 22.3 Å². The first-order valence-electron chi connectivity index (χ1n) is 9.13. The van der Waals surface area contributed by atoms with Gasteiger partial charge in [-0.15, -0.1) is 0 Å². The number of piperazine rings is 1. The van der Waals surface area contributed by atoms with Crippen LogP contribution in [0.5, 0.6) is 0 Å². The number of hydrogen-bond acceptors (Lipinski definition) is 6. The van der Waals surface area contributed by atoms with E-state index in [1.807, 2.05) is 17.0 Å². The van der Waals surface area contributed by atoms with Crippen LogP contribution in [0.25, 0.3) is 22.6 Å². The maximum absolute atomic E-state index is 14.5. The van der Waals surface area contributed by atoms with Crippen molar-refractivity contribution in [1.29, 1.82) is 0 Å². The Kier molecular flexibility index (Phi) is 4.77. The molecule has 2 aromatic carbocycles. The van der Waals surface area contributed by atoms with Gasteiger partial charge in [-0.3, -0.25) is 4.79 Å². The molecule has 0 N–H and O–H groups in total. The molecular weight excluding hydrogens is 397 g/mol. The van der Waals surface area contributed by atoms with Gasteiger partial charge in [-0.1, -0.05) is 0 Å². The quantitative estimate of drug-likeness (QED) is 0.652. The van der Waals surface area contributed by atoms with Gasteiger partial charge in [0, 0.05) is 45.0 Å². The highest BCUT2D eigenvalue weighted by atomic mass is 32.2. The van der Waals surface area contributed by atoms with Crippen molar-refractivity contribution in [1.82, 2.24) is 9.88 Å². The Bertz CT molecular complexity index is 1200. The van der Waals surface area contributed by atoms with Crippen LogP contribution in [0.3, 0.4) is 0 Å². The summed E-state index contributed by atoms with van der Waals surface area (Å²) in [5, 5.41) is 0. The summed E-state index contributed by atoms with van der Waals surface area (Å²) in [5.74, 6) is -0.540. The van der Waals surface area contributed by atoms with Crippen molar-refractivity contribution in [3.8, 4) is 11.5 Å². The Labute approximate surface area is 167 Å². The average molecular weight is 417 g/mol. The Morgan fingerprint density at radius 1 is 1.10 bits per heavy atom. The number of amides is 1. The van der Waals surface area contributed by atoms with Crippen molar-refractivity contribution < 1.29 is 22.0 Å². The van der Waals surface area contributed by atoms with Crippen molar-refractivity contribution in [2.45, 2.75) is 11.8 Å². The summed E-state index contributed by atoms with van der Waals surface area (Å²) in [7, 11) is -3.50. The molecule has 29 heavy (non-hydrogen) atoms. The van der Waals surface area contributed by atoms with E-state index >= 15 is 0 Å². The predicted molar refractivity (Wildman–Crippen MR) is 107 cm³/mol. The fourth-order valence-electron chi connectivity index (χ4n) is 3.41. The van der Waals surface area contributed by atoms with E-state index in [2.05, 4.69) is 9.88 Å². The van der Waals surface area contributed by atoms with Crippen molar-refractivity contribution in [3.05, 3.63) is 42.2 Å². The predicted octanol–water partition coefficient (Wildman–Crippen LogP) is 2.71. The van der Waals surface area contributed by atoms with Gasteiger partial charge < -0.3 is 14.2 Å². The zero-order valence-corrected chi connectivity index (χ0v) is 16.9. The van der Waals surface area contributed by atoms with E-state index in [9.17, 15) is 17.6 Å². The maximum atomic E-state index is 14.5. The first kappa shape index (κ1) is 19.4. The fourth-order valence-corrected chi connectivity index (χ4v) is 4.04. The third-order valence-electron chi connectivity index (χ3n) is 5.06. The molecular formula is C20H20FN3O4S. The number of anilines is 1. The monoisotopic (exact) mass is 417 g/mol. The van der Waals surface area contributed by atoms with Crippen LogP contribution in [0, 0.1) is 5.82 Å². The van der Waals surface area contributed by atoms with Crippen LogP contribution < -0.4 is 4.90 Å². The Morgan fingerprint density at radius 2 is 1.83 bits per heavy atom. The molecule has 0 unspecified atom stereocenters. The van der Waals surface area contributed by atoms with Crippen LogP contribution in [0.4, 0.5) is 10.1 Å². The Morgan fingerprint density at radius 3 is 2.45 bits per heavy atom. The number of aromatic nitrogens is 1. The number of oxazole rings is 1.